The second kappa shape index (κ2) is 9.60. The Kier molecular flexibility index (Phi) is 7.67. The molecule has 4 atom stereocenters. The van der Waals surface area contributed by atoms with Crippen molar-refractivity contribution in [2.45, 2.75) is 45.2 Å². The quantitative estimate of drug-likeness (QED) is 0.600. The summed E-state index contributed by atoms with van der Waals surface area (Å²) in [6, 6.07) is -0.636. The fourth-order valence-electron chi connectivity index (χ4n) is 2.86. The number of alkyl halides is 3. The van der Waals surface area contributed by atoms with Crippen LogP contribution in [0, 0.1) is 5.92 Å². The van der Waals surface area contributed by atoms with Crippen molar-refractivity contribution in [1.82, 2.24) is 5.32 Å². The highest BCUT2D eigenvalue weighted by Crippen LogP contribution is 2.31. The number of hydrogen-bond acceptors (Lipinski definition) is 6. The van der Waals surface area contributed by atoms with Gasteiger partial charge in [0.25, 0.3) is 0 Å². The number of nitrogens with one attached hydrogen (secondary N) is 1. The summed E-state index contributed by atoms with van der Waals surface area (Å²) >= 11 is 0. The molecule has 9 heteroatoms. The van der Waals surface area contributed by atoms with Crippen LogP contribution >= 0.6 is 0 Å². The van der Waals surface area contributed by atoms with Gasteiger partial charge >= 0.3 is 6.18 Å². The molecule has 0 unspecified atom stereocenters. The Balaban J connectivity index is 2.27. The average Bonchev–Trinajstić information content (AvgIpc) is 2.82. The molecule has 29 heavy (non-hydrogen) atoms. The van der Waals surface area contributed by atoms with Crippen molar-refractivity contribution in [3.05, 3.63) is 47.4 Å². The van der Waals surface area contributed by atoms with Crippen molar-refractivity contribution in [1.29, 1.82) is 0 Å². The Bertz CT molecular complexity index is 740. The zero-order valence-corrected chi connectivity index (χ0v) is 16.7. The Hall–Kier alpha value is -2.10. The molecular weight excluding hydrogens is 389 g/mol. The van der Waals surface area contributed by atoms with E-state index in [2.05, 4.69) is 16.9 Å². The van der Waals surface area contributed by atoms with Crippen LogP contribution in [0.3, 0.4) is 0 Å². The minimum Gasteiger partial charge on any atom is -0.473 e. The lowest BCUT2D eigenvalue weighted by molar-refractivity contribution is -0.117. The lowest BCUT2D eigenvalue weighted by Crippen LogP contribution is -2.56. The molecule has 2 heterocycles. The summed E-state index contributed by atoms with van der Waals surface area (Å²) in [4.78, 5) is 4.17. The van der Waals surface area contributed by atoms with Crippen LogP contribution in [0.4, 0.5) is 13.2 Å². The number of aliphatic hydroxyl groups is 2. The van der Waals surface area contributed by atoms with E-state index >= 15 is 0 Å². The Morgan fingerprint density at radius 2 is 2.14 bits per heavy atom. The van der Waals surface area contributed by atoms with Gasteiger partial charge < -0.3 is 25.0 Å². The van der Waals surface area contributed by atoms with Crippen LogP contribution in [0.5, 0.6) is 0 Å². The number of hydrogen-bond donors (Lipinski definition) is 3. The second-order valence-electron chi connectivity index (χ2n) is 7.14. The SMILES string of the molecule is C=C1C=C(C(F)(F)F)C=C(OC/C(C)=C/C)N=C1N[C@H]1CO[C@H](CO)[C@H](C)[C@@H]1O. The maximum atomic E-state index is 13.3. The number of aliphatic hydroxyl groups excluding tert-OH is 2. The predicted molar refractivity (Wildman–Crippen MR) is 103 cm³/mol. The van der Waals surface area contributed by atoms with E-state index in [1.165, 1.54) is 0 Å². The molecule has 0 radical (unpaired) electrons. The summed E-state index contributed by atoms with van der Waals surface area (Å²) in [5.74, 6) is -0.546. The van der Waals surface area contributed by atoms with E-state index in [-0.39, 0.29) is 43.0 Å². The van der Waals surface area contributed by atoms with Gasteiger partial charge in [0, 0.05) is 17.6 Å². The van der Waals surface area contributed by atoms with Gasteiger partial charge in [-0.05, 0) is 25.5 Å². The number of nitrogens with zero attached hydrogens (tertiary/aromatic N) is 1. The van der Waals surface area contributed by atoms with Gasteiger partial charge in [-0.3, -0.25) is 0 Å². The molecule has 0 aliphatic carbocycles. The van der Waals surface area contributed by atoms with Crippen LogP contribution in [0.25, 0.3) is 0 Å². The third kappa shape index (κ3) is 5.94. The minimum absolute atomic E-state index is 0.000865. The summed E-state index contributed by atoms with van der Waals surface area (Å²) < 4.78 is 51.0. The van der Waals surface area contributed by atoms with Crippen molar-refractivity contribution >= 4 is 5.84 Å². The molecule has 0 bridgehead atoms. The average molecular weight is 416 g/mol. The number of rotatable bonds is 5. The predicted octanol–water partition coefficient (Wildman–Crippen LogP) is 2.61. The summed E-state index contributed by atoms with van der Waals surface area (Å²) in [5, 5.41) is 22.7. The van der Waals surface area contributed by atoms with Crippen molar-refractivity contribution in [3.8, 4) is 0 Å². The molecule has 6 nitrogen and oxygen atoms in total. The van der Waals surface area contributed by atoms with Gasteiger partial charge in [-0.2, -0.15) is 18.2 Å². The van der Waals surface area contributed by atoms with Gasteiger partial charge in [0.2, 0.25) is 5.88 Å². The first-order valence-corrected chi connectivity index (χ1v) is 9.27. The Morgan fingerprint density at radius 3 is 2.72 bits per heavy atom. The van der Waals surface area contributed by atoms with Crippen LogP contribution in [-0.2, 0) is 9.47 Å². The number of allylic oxidation sites excluding steroid dienone is 3. The Morgan fingerprint density at radius 1 is 1.45 bits per heavy atom. The van der Waals surface area contributed by atoms with E-state index in [4.69, 9.17) is 9.47 Å². The molecule has 0 aromatic heterocycles. The summed E-state index contributed by atoms with van der Waals surface area (Å²) in [7, 11) is 0. The van der Waals surface area contributed by atoms with Gasteiger partial charge in [0.05, 0.1) is 37.0 Å². The van der Waals surface area contributed by atoms with Crippen LogP contribution in [0.2, 0.25) is 0 Å². The highest BCUT2D eigenvalue weighted by atomic mass is 19.4. The van der Waals surface area contributed by atoms with Crippen LogP contribution in [0.15, 0.2) is 52.4 Å². The Labute approximate surface area is 168 Å². The van der Waals surface area contributed by atoms with Crippen LogP contribution in [-0.4, -0.2) is 60.3 Å². The van der Waals surface area contributed by atoms with Crippen molar-refractivity contribution in [2.24, 2.45) is 10.9 Å². The van der Waals surface area contributed by atoms with Gasteiger partial charge in [-0.1, -0.05) is 19.6 Å². The molecule has 0 aromatic carbocycles. The largest absolute Gasteiger partial charge is 0.473 e. The molecule has 2 aliphatic heterocycles. The molecule has 0 saturated carbocycles. The summed E-state index contributed by atoms with van der Waals surface area (Å²) in [5.41, 5.74) is -0.111. The molecule has 162 valence electrons. The molecule has 2 aliphatic rings. The van der Waals surface area contributed by atoms with Crippen molar-refractivity contribution in [2.75, 3.05) is 19.8 Å². The molecule has 0 amide bonds. The summed E-state index contributed by atoms with van der Waals surface area (Å²) in [6.45, 7) is 8.88. The zero-order chi connectivity index (χ0) is 21.8. The maximum absolute atomic E-state index is 13.3. The molecule has 1 saturated heterocycles. The lowest BCUT2D eigenvalue weighted by Gasteiger charge is -2.38. The molecule has 1 fully saturated rings. The third-order valence-electron chi connectivity index (χ3n) is 4.93. The first kappa shape index (κ1) is 23.2. The molecule has 3 N–H and O–H groups in total. The molecule has 0 aromatic rings. The number of amidine groups is 1. The van der Waals surface area contributed by atoms with Gasteiger partial charge in [-0.15, -0.1) is 0 Å². The zero-order valence-electron chi connectivity index (χ0n) is 16.7. The molecule has 2 rings (SSSR count). The van der Waals surface area contributed by atoms with E-state index in [1.54, 1.807) is 26.8 Å². The van der Waals surface area contributed by atoms with E-state index in [0.717, 1.165) is 17.7 Å². The van der Waals surface area contributed by atoms with E-state index in [0.29, 0.717) is 0 Å². The van der Waals surface area contributed by atoms with Crippen molar-refractivity contribution < 1.29 is 32.9 Å². The van der Waals surface area contributed by atoms with Crippen molar-refractivity contribution in [3.63, 3.8) is 0 Å². The number of aliphatic imine (C=N–C) groups is 1. The topological polar surface area (TPSA) is 83.3 Å². The normalized spacial score (nSPS) is 28.9. The molecular formula is C20H27F3N2O4. The van der Waals surface area contributed by atoms with E-state index in [9.17, 15) is 23.4 Å². The third-order valence-corrected chi connectivity index (χ3v) is 4.93. The second-order valence-corrected chi connectivity index (χ2v) is 7.14. The fourth-order valence-corrected chi connectivity index (χ4v) is 2.86. The number of halogens is 3. The molecule has 0 spiro atoms. The standard InChI is InChI=1S/C20H27F3N2O4/c1-5-11(2)9-29-17-7-14(20(21,22)23)6-12(3)19(25-17)24-15-10-28-16(8-26)13(4)18(15)27/h5-7,13,15-16,18,26-27H,3,8-10H2,1-2,4H3,(H,24,25)/b11-5+/t13-,15-,16+,18-/m0/s1. The van der Waals surface area contributed by atoms with E-state index in [1.807, 2.05) is 0 Å². The lowest BCUT2D eigenvalue weighted by atomic mass is 9.90. The van der Waals surface area contributed by atoms with Gasteiger partial charge in [0.1, 0.15) is 12.4 Å². The fraction of sp³-hybridized carbons (Fsp3) is 0.550. The first-order valence-electron chi connectivity index (χ1n) is 9.27. The maximum Gasteiger partial charge on any atom is 0.416 e. The van der Waals surface area contributed by atoms with Crippen LogP contribution in [0.1, 0.15) is 20.8 Å². The minimum atomic E-state index is -4.60. The van der Waals surface area contributed by atoms with Gasteiger partial charge in [0.15, 0.2) is 0 Å². The van der Waals surface area contributed by atoms with E-state index < -0.39 is 30.0 Å². The summed E-state index contributed by atoms with van der Waals surface area (Å²) in [6.07, 6.45) is -2.53. The highest BCUT2D eigenvalue weighted by Gasteiger charge is 2.38. The van der Waals surface area contributed by atoms with Gasteiger partial charge in [-0.25, -0.2) is 0 Å². The monoisotopic (exact) mass is 416 g/mol. The highest BCUT2D eigenvalue weighted by molar-refractivity contribution is 6.01. The first-order chi connectivity index (χ1) is 13.6. The van der Waals surface area contributed by atoms with Crippen LogP contribution < -0.4 is 5.32 Å². The number of ether oxygens (including phenoxy) is 2. The smallest absolute Gasteiger partial charge is 0.416 e.